The average molecular weight is 850 g/mol. The Balaban J connectivity index is 1.14. The lowest BCUT2D eigenvalue weighted by atomic mass is 9.77. The van der Waals surface area contributed by atoms with E-state index < -0.39 is 6.37 Å². The van der Waals surface area contributed by atoms with E-state index in [2.05, 4.69) is 161 Å². The smallest absolute Gasteiger partial charge is 0.149 e. The number of para-hydroxylation sites is 2. The van der Waals surface area contributed by atoms with Gasteiger partial charge < -0.3 is 5.11 Å². The largest absolute Gasteiger partial charge is 0.507 e. The zero-order valence-corrected chi connectivity index (χ0v) is 38.0. The van der Waals surface area contributed by atoms with Gasteiger partial charge in [0.2, 0.25) is 0 Å². The van der Waals surface area contributed by atoms with E-state index >= 15 is 0 Å². The van der Waals surface area contributed by atoms with E-state index in [1.54, 1.807) is 6.07 Å². The third-order valence-corrected chi connectivity index (χ3v) is 13.5. The van der Waals surface area contributed by atoms with Crippen LogP contribution in [0.3, 0.4) is 0 Å². The number of imidazole rings is 1. The van der Waals surface area contributed by atoms with Crippen molar-refractivity contribution in [2.45, 2.75) is 77.5 Å². The maximum Gasteiger partial charge on any atom is 0.149 e. The van der Waals surface area contributed by atoms with Crippen molar-refractivity contribution in [2.24, 2.45) is 5.92 Å². The molecular weight excluding hydrogens is 791 g/mol. The summed E-state index contributed by atoms with van der Waals surface area (Å²) in [4.78, 5) is 10.5. The van der Waals surface area contributed by atoms with Gasteiger partial charge in [0.25, 0.3) is 0 Å². The van der Waals surface area contributed by atoms with Gasteiger partial charge in [-0.2, -0.15) is 0 Å². The molecule has 2 heterocycles. The Morgan fingerprint density at radius 3 is 1.98 bits per heavy atom. The van der Waals surface area contributed by atoms with Crippen LogP contribution in [0.15, 0.2) is 182 Å². The molecular formula is C61H57N3O. The van der Waals surface area contributed by atoms with Gasteiger partial charge in [-0.15, -0.1) is 0 Å². The normalized spacial score (nSPS) is 14.1. The fraction of sp³-hybridized carbons (Fsp3) is 0.213. The quantitative estimate of drug-likeness (QED) is 0.149. The Labute approximate surface area is 387 Å². The fourth-order valence-corrected chi connectivity index (χ4v) is 9.64. The highest BCUT2D eigenvalue weighted by Gasteiger charge is 2.26. The molecule has 2 aromatic heterocycles. The highest BCUT2D eigenvalue weighted by Crippen LogP contribution is 2.43. The zero-order valence-electron chi connectivity index (χ0n) is 40.0. The lowest BCUT2D eigenvalue weighted by Gasteiger charge is -2.26. The number of fused-ring (bicyclic) bond motifs is 1. The Morgan fingerprint density at radius 1 is 0.569 bits per heavy atom. The number of rotatable bonds is 10. The SMILES string of the molecule is [2H]C([2H])(c1ccc(-n2c(-c3ccccc3O)nc3c(-c4cc(-c5cc(-c6cccc(C(C)(C)c7ccccc7)c6)ccn5)cc(C(C)(C)C)c4)cccc32)c(-c2ccccc2)c1)C1CCCC1. The number of aromatic nitrogens is 3. The molecule has 65 heavy (non-hydrogen) atoms. The molecule has 0 amide bonds. The van der Waals surface area contributed by atoms with Gasteiger partial charge in [0.1, 0.15) is 11.6 Å². The average Bonchev–Trinajstić information content (AvgIpc) is 4.04. The molecule has 1 aliphatic carbocycles. The first-order chi connectivity index (χ1) is 32.3. The molecule has 9 aromatic rings. The molecule has 4 heteroatoms. The third kappa shape index (κ3) is 8.30. The van der Waals surface area contributed by atoms with Gasteiger partial charge in [-0.3, -0.25) is 9.55 Å². The minimum atomic E-state index is -1.48. The number of phenols is 1. The second-order valence-corrected chi connectivity index (χ2v) is 19.2. The molecule has 0 aliphatic heterocycles. The lowest BCUT2D eigenvalue weighted by molar-refractivity contribution is 0.477. The minimum absolute atomic E-state index is 0.0228. The molecule has 10 rings (SSSR count). The molecule has 0 unspecified atom stereocenters. The number of benzene rings is 7. The van der Waals surface area contributed by atoms with Gasteiger partial charge in [-0.1, -0.05) is 182 Å². The summed E-state index contributed by atoms with van der Waals surface area (Å²) < 4.78 is 20.9. The van der Waals surface area contributed by atoms with E-state index in [9.17, 15) is 7.85 Å². The summed E-state index contributed by atoms with van der Waals surface area (Å²) >= 11 is 0. The van der Waals surface area contributed by atoms with Crippen LogP contribution in [0.25, 0.3) is 72.7 Å². The van der Waals surface area contributed by atoms with Crippen molar-refractivity contribution in [3.8, 4) is 67.5 Å². The van der Waals surface area contributed by atoms with Crippen LogP contribution in [0.4, 0.5) is 0 Å². The summed E-state index contributed by atoms with van der Waals surface area (Å²) in [5.41, 5.74) is 15.2. The van der Waals surface area contributed by atoms with Crippen molar-refractivity contribution in [3.63, 3.8) is 0 Å². The van der Waals surface area contributed by atoms with Crippen molar-refractivity contribution in [1.29, 1.82) is 0 Å². The molecule has 322 valence electrons. The van der Waals surface area contributed by atoms with Crippen LogP contribution in [0.1, 0.15) is 85.3 Å². The molecule has 1 saturated carbocycles. The predicted octanol–water partition coefficient (Wildman–Crippen LogP) is 15.8. The van der Waals surface area contributed by atoms with Gasteiger partial charge in [-0.05, 0) is 117 Å². The maximum atomic E-state index is 11.5. The molecule has 7 aromatic carbocycles. The molecule has 4 nitrogen and oxygen atoms in total. The van der Waals surface area contributed by atoms with E-state index in [0.29, 0.717) is 17.0 Å². The minimum Gasteiger partial charge on any atom is -0.507 e. The molecule has 0 radical (unpaired) electrons. The first-order valence-corrected chi connectivity index (χ1v) is 23.1. The molecule has 1 aliphatic rings. The van der Waals surface area contributed by atoms with E-state index in [1.165, 1.54) is 16.7 Å². The van der Waals surface area contributed by atoms with Crippen LogP contribution < -0.4 is 0 Å². The lowest BCUT2D eigenvalue weighted by Crippen LogP contribution is -2.18. The van der Waals surface area contributed by atoms with Gasteiger partial charge in [-0.25, -0.2) is 4.98 Å². The van der Waals surface area contributed by atoms with Crippen LogP contribution in [0.2, 0.25) is 0 Å². The van der Waals surface area contributed by atoms with Gasteiger partial charge in [0.15, 0.2) is 0 Å². The number of hydrogen-bond acceptors (Lipinski definition) is 3. The van der Waals surface area contributed by atoms with E-state index in [1.807, 2.05) is 54.7 Å². The maximum absolute atomic E-state index is 11.5. The number of pyridine rings is 1. The summed E-state index contributed by atoms with van der Waals surface area (Å²) in [6, 6.07) is 60.7. The molecule has 0 spiro atoms. The molecule has 0 saturated heterocycles. The molecule has 0 bridgehead atoms. The Bertz CT molecular complexity index is 3250. The van der Waals surface area contributed by atoms with Crippen LogP contribution >= 0.6 is 0 Å². The second-order valence-electron chi connectivity index (χ2n) is 19.2. The number of hydrogen-bond donors (Lipinski definition) is 1. The van der Waals surface area contributed by atoms with Gasteiger partial charge >= 0.3 is 0 Å². The van der Waals surface area contributed by atoms with Crippen molar-refractivity contribution >= 4 is 11.0 Å². The van der Waals surface area contributed by atoms with Crippen LogP contribution in [-0.2, 0) is 17.2 Å². The van der Waals surface area contributed by atoms with E-state index in [0.717, 1.165) is 87.0 Å². The number of phenolic OH excluding ortho intramolecular Hbond substituents is 1. The predicted molar refractivity (Wildman–Crippen MR) is 271 cm³/mol. The summed E-state index contributed by atoms with van der Waals surface area (Å²) in [5.74, 6) is 0.710. The molecule has 1 fully saturated rings. The number of aromatic hydroxyl groups is 1. The number of nitrogens with zero attached hydrogens (tertiary/aromatic N) is 3. The Morgan fingerprint density at radius 2 is 1.22 bits per heavy atom. The zero-order chi connectivity index (χ0) is 46.5. The Hall–Kier alpha value is -7.04. The first kappa shape index (κ1) is 39.5. The van der Waals surface area contributed by atoms with Crippen molar-refractivity contribution in [1.82, 2.24) is 14.5 Å². The monoisotopic (exact) mass is 849 g/mol. The standard InChI is InChI=1S/C61H57N3O/c1-60(2,3)50-38-46(36-47(39-50)54-40-45(32-33-62-54)44-22-16-25-49(37-44)61(4,5)48-23-10-7-11-24-48)51-27-17-28-56-58(51)63-59(52-26-14-15-29-57(52)65)64(56)55-31-30-42(34-41-18-12-13-19-41)35-53(55)43-20-8-6-9-21-43/h6-11,14-17,20-33,35-41,65H,12-13,18-19,34H2,1-5H3/i34D2. The van der Waals surface area contributed by atoms with Crippen LogP contribution in [-0.4, -0.2) is 19.6 Å². The van der Waals surface area contributed by atoms with E-state index in [4.69, 9.17) is 9.97 Å². The highest BCUT2D eigenvalue weighted by molar-refractivity contribution is 5.97. The van der Waals surface area contributed by atoms with Crippen molar-refractivity contribution in [2.75, 3.05) is 0 Å². The summed E-state index contributed by atoms with van der Waals surface area (Å²) in [6.07, 6.45) is 4.35. The van der Waals surface area contributed by atoms with Gasteiger partial charge in [0.05, 0.1) is 28.0 Å². The Kier molecular flexibility index (Phi) is 10.4. The van der Waals surface area contributed by atoms with Crippen LogP contribution in [0, 0.1) is 5.92 Å². The second kappa shape index (κ2) is 17.2. The topological polar surface area (TPSA) is 50.9 Å². The molecule has 0 atom stereocenters. The summed E-state index contributed by atoms with van der Waals surface area (Å²) in [7, 11) is 0. The summed E-state index contributed by atoms with van der Waals surface area (Å²) in [6.45, 7) is 11.3. The fourth-order valence-electron chi connectivity index (χ4n) is 9.64. The summed E-state index contributed by atoms with van der Waals surface area (Å²) in [5, 5.41) is 11.5. The third-order valence-electron chi connectivity index (χ3n) is 13.5. The van der Waals surface area contributed by atoms with Gasteiger partial charge in [0, 0.05) is 31.0 Å². The first-order valence-electron chi connectivity index (χ1n) is 24.1. The van der Waals surface area contributed by atoms with Crippen LogP contribution in [0.5, 0.6) is 5.75 Å². The molecule has 1 N–H and O–H groups in total. The van der Waals surface area contributed by atoms with Crippen molar-refractivity contribution in [3.05, 3.63) is 204 Å². The van der Waals surface area contributed by atoms with E-state index in [-0.39, 0.29) is 22.5 Å². The highest BCUT2D eigenvalue weighted by atomic mass is 16.3. The van der Waals surface area contributed by atoms with Crippen molar-refractivity contribution < 1.29 is 7.85 Å².